The molecule has 17 heavy (non-hydrogen) atoms. The number of nitrogens with two attached hydrogens (primary N) is 1. The molecule has 100 valence electrons. The number of carbonyl (C=O) groups excluding carboxylic acids is 1. The number of hydrogen-bond donors (Lipinski definition) is 1. The van der Waals surface area contributed by atoms with Crippen LogP contribution in [-0.4, -0.2) is 63.1 Å². The van der Waals surface area contributed by atoms with Crippen LogP contribution in [0.4, 0.5) is 0 Å². The van der Waals surface area contributed by atoms with Gasteiger partial charge in [0, 0.05) is 19.7 Å². The topological polar surface area (TPSA) is 89.7 Å². The van der Waals surface area contributed by atoms with Gasteiger partial charge in [0.2, 0.25) is 5.91 Å². The normalized spacial score (nSPS) is 24.5. The third kappa shape index (κ3) is 3.93. The Morgan fingerprint density at radius 2 is 2.24 bits per heavy atom. The summed E-state index contributed by atoms with van der Waals surface area (Å²) in [6.07, 6.45) is 0.491. The number of rotatable bonds is 5. The number of carbonyl (C=O) groups is 1. The molecule has 7 heteroatoms. The van der Waals surface area contributed by atoms with Crippen molar-refractivity contribution in [1.82, 2.24) is 4.90 Å². The van der Waals surface area contributed by atoms with Crippen LogP contribution in [0.15, 0.2) is 0 Å². The molecule has 0 aromatic rings. The minimum Gasteiger partial charge on any atom is -0.383 e. The zero-order valence-electron chi connectivity index (χ0n) is 10.3. The van der Waals surface area contributed by atoms with Gasteiger partial charge >= 0.3 is 0 Å². The standard InChI is InChI=1S/C10H20N2O4S/c1-8(11)10(13)12(4-5-16-2)9-3-6-17(14,15)7-9/h8-9H,3-7,11H2,1-2H3/t8-,9?/m1/s1. The van der Waals surface area contributed by atoms with Crippen LogP contribution < -0.4 is 5.73 Å². The Hall–Kier alpha value is -0.660. The van der Waals surface area contributed by atoms with E-state index < -0.39 is 15.9 Å². The lowest BCUT2D eigenvalue weighted by molar-refractivity contribution is -0.134. The predicted molar refractivity (Wildman–Crippen MR) is 64.3 cm³/mol. The highest BCUT2D eigenvalue weighted by Crippen LogP contribution is 2.18. The van der Waals surface area contributed by atoms with Gasteiger partial charge in [-0.2, -0.15) is 0 Å². The summed E-state index contributed by atoms with van der Waals surface area (Å²) < 4.78 is 27.8. The fourth-order valence-electron chi connectivity index (χ4n) is 1.95. The number of methoxy groups -OCH3 is 1. The molecule has 1 amide bonds. The highest BCUT2D eigenvalue weighted by Gasteiger charge is 2.35. The number of ether oxygens (including phenoxy) is 1. The van der Waals surface area contributed by atoms with E-state index in [2.05, 4.69) is 0 Å². The maximum Gasteiger partial charge on any atom is 0.239 e. The minimum absolute atomic E-state index is 0.0369. The summed E-state index contributed by atoms with van der Waals surface area (Å²) >= 11 is 0. The molecule has 0 bridgehead atoms. The van der Waals surface area contributed by atoms with E-state index in [0.29, 0.717) is 19.6 Å². The van der Waals surface area contributed by atoms with Crippen LogP contribution in [0.2, 0.25) is 0 Å². The lowest BCUT2D eigenvalue weighted by atomic mass is 10.2. The fraction of sp³-hybridized carbons (Fsp3) is 0.900. The van der Waals surface area contributed by atoms with Crippen LogP contribution >= 0.6 is 0 Å². The third-order valence-corrected chi connectivity index (χ3v) is 4.61. The van der Waals surface area contributed by atoms with Crippen molar-refractivity contribution in [1.29, 1.82) is 0 Å². The van der Waals surface area contributed by atoms with Gasteiger partial charge in [-0.15, -0.1) is 0 Å². The quantitative estimate of drug-likeness (QED) is 0.687. The molecule has 2 N–H and O–H groups in total. The smallest absolute Gasteiger partial charge is 0.239 e. The van der Waals surface area contributed by atoms with Crippen LogP contribution in [0.1, 0.15) is 13.3 Å². The molecule has 1 saturated heterocycles. The van der Waals surface area contributed by atoms with Gasteiger partial charge in [0.15, 0.2) is 9.84 Å². The fourth-order valence-corrected chi connectivity index (χ4v) is 3.68. The van der Waals surface area contributed by atoms with Gasteiger partial charge in [-0.1, -0.05) is 0 Å². The monoisotopic (exact) mass is 264 g/mol. The molecule has 1 heterocycles. The highest BCUT2D eigenvalue weighted by molar-refractivity contribution is 7.91. The second-order valence-corrected chi connectivity index (χ2v) is 6.60. The Balaban J connectivity index is 2.73. The SMILES string of the molecule is COCCN(C(=O)[C@@H](C)N)C1CCS(=O)(=O)C1. The Labute approximate surface area is 102 Å². The van der Waals surface area contributed by atoms with Crippen molar-refractivity contribution in [2.24, 2.45) is 5.73 Å². The van der Waals surface area contributed by atoms with Gasteiger partial charge in [-0.3, -0.25) is 4.79 Å². The van der Waals surface area contributed by atoms with Crippen LogP contribution in [-0.2, 0) is 19.4 Å². The molecule has 0 radical (unpaired) electrons. The lowest BCUT2D eigenvalue weighted by Crippen LogP contribution is -2.49. The molecule has 1 aliphatic heterocycles. The van der Waals surface area contributed by atoms with E-state index in [1.807, 2.05) is 0 Å². The molecular weight excluding hydrogens is 244 g/mol. The van der Waals surface area contributed by atoms with Crippen LogP contribution in [0, 0.1) is 0 Å². The molecule has 0 aromatic heterocycles. The van der Waals surface area contributed by atoms with E-state index in [4.69, 9.17) is 10.5 Å². The van der Waals surface area contributed by atoms with E-state index in [9.17, 15) is 13.2 Å². The van der Waals surface area contributed by atoms with Gasteiger partial charge in [-0.05, 0) is 13.3 Å². The first kappa shape index (κ1) is 14.4. The summed E-state index contributed by atoms with van der Waals surface area (Å²) in [6.45, 7) is 2.37. The van der Waals surface area contributed by atoms with Gasteiger partial charge in [0.1, 0.15) is 0 Å². The van der Waals surface area contributed by atoms with E-state index in [0.717, 1.165) is 0 Å². The molecule has 1 unspecified atom stereocenters. The lowest BCUT2D eigenvalue weighted by Gasteiger charge is -2.29. The number of nitrogens with zero attached hydrogens (tertiary/aromatic N) is 1. The molecule has 1 rings (SSSR count). The predicted octanol–water partition coefficient (Wildman–Crippen LogP) is -1.00. The maximum absolute atomic E-state index is 11.9. The molecule has 2 atom stereocenters. The summed E-state index contributed by atoms with van der Waals surface area (Å²) in [6, 6.07) is -0.871. The van der Waals surface area contributed by atoms with Crippen LogP contribution in [0.25, 0.3) is 0 Å². The van der Waals surface area contributed by atoms with Crippen molar-refractivity contribution in [2.45, 2.75) is 25.4 Å². The minimum atomic E-state index is -3.00. The summed E-state index contributed by atoms with van der Waals surface area (Å²) in [5.74, 6) is -0.0353. The van der Waals surface area contributed by atoms with Crippen molar-refractivity contribution >= 4 is 15.7 Å². The first-order valence-electron chi connectivity index (χ1n) is 5.63. The van der Waals surface area contributed by atoms with E-state index >= 15 is 0 Å². The molecule has 1 fully saturated rings. The largest absolute Gasteiger partial charge is 0.383 e. The molecule has 1 aliphatic rings. The summed E-state index contributed by atoms with van der Waals surface area (Å²) in [4.78, 5) is 13.4. The van der Waals surface area contributed by atoms with Crippen molar-refractivity contribution in [2.75, 3.05) is 31.8 Å². The van der Waals surface area contributed by atoms with Crippen molar-refractivity contribution in [3.05, 3.63) is 0 Å². The molecule has 0 spiro atoms. The van der Waals surface area contributed by atoms with Crippen LogP contribution in [0.5, 0.6) is 0 Å². The van der Waals surface area contributed by atoms with Gasteiger partial charge < -0.3 is 15.4 Å². The molecule has 6 nitrogen and oxygen atoms in total. The first-order chi connectivity index (χ1) is 7.87. The van der Waals surface area contributed by atoms with E-state index in [1.54, 1.807) is 18.9 Å². The second-order valence-electron chi connectivity index (χ2n) is 4.37. The van der Waals surface area contributed by atoms with Crippen molar-refractivity contribution in [3.63, 3.8) is 0 Å². The maximum atomic E-state index is 11.9. The number of amides is 1. The zero-order valence-corrected chi connectivity index (χ0v) is 11.1. The number of sulfone groups is 1. The molecule has 0 aliphatic carbocycles. The molecular formula is C10H20N2O4S. The third-order valence-electron chi connectivity index (χ3n) is 2.86. The highest BCUT2D eigenvalue weighted by atomic mass is 32.2. The summed E-state index contributed by atoms with van der Waals surface area (Å²) in [5.41, 5.74) is 5.56. The van der Waals surface area contributed by atoms with Gasteiger partial charge in [0.05, 0.1) is 24.2 Å². The van der Waals surface area contributed by atoms with Crippen LogP contribution in [0.3, 0.4) is 0 Å². The Bertz CT molecular complexity index is 367. The van der Waals surface area contributed by atoms with Crippen molar-refractivity contribution in [3.8, 4) is 0 Å². The average molecular weight is 264 g/mol. The Morgan fingerprint density at radius 1 is 1.59 bits per heavy atom. The van der Waals surface area contributed by atoms with Gasteiger partial charge in [-0.25, -0.2) is 8.42 Å². The summed E-state index contributed by atoms with van der Waals surface area (Å²) in [5, 5.41) is 0. The Kier molecular flexibility index (Phi) is 4.91. The van der Waals surface area contributed by atoms with Gasteiger partial charge in [0.25, 0.3) is 0 Å². The Morgan fingerprint density at radius 3 is 2.65 bits per heavy atom. The zero-order chi connectivity index (χ0) is 13.1. The average Bonchev–Trinajstić information content (AvgIpc) is 2.59. The second kappa shape index (κ2) is 5.79. The number of hydrogen-bond acceptors (Lipinski definition) is 5. The van der Waals surface area contributed by atoms with E-state index in [-0.39, 0.29) is 23.5 Å². The molecule has 0 aromatic carbocycles. The van der Waals surface area contributed by atoms with E-state index in [1.165, 1.54) is 0 Å². The molecule has 0 saturated carbocycles. The summed E-state index contributed by atoms with van der Waals surface area (Å²) in [7, 11) is -1.46. The van der Waals surface area contributed by atoms with Crippen molar-refractivity contribution < 1.29 is 17.9 Å². The first-order valence-corrected chi connectivity index (χ1v) is 7.45.